The molecule has 0 aromatic heterocycles. The summed E-state index contributed by atoms with van der Waals surface area (Å²) < 4.78 is 12.1. The van der Waals surface area contributed by atoms with Gasteiger partial charge in [-0.2, -0.15) is 0 Å². The summed E-state index contributed by atoms with van der Waals surface area (Å²) in [5.74, 6) is 0.822. The van der Waals surface area contributed by atoms with Crippen molar-refractivity contribution in [3.8, 4) is 5.75 Å². The zero-order chi connectivity index (χ0) is 25.9. The molecule has 2 amide bonds. The molecule has 0 radical (unpaired) electrons. The third-order valence-electron chi connectivity index (χ3n) is 6.67. The van der Waals surface area contributed by atoms with E-state index in [9.17, 15) is 9.59 Å². The molecule has 7 heteroatoms. The number of carbonyl (C=O) groups excluding carboxylic acids is 2. The highest BCUT2D eigenvalue weighted by Gasteiger charge is 2.40. The molecule has 1 saturated heterocycles. The minimum absolute atomic E-state index is 0.0122. The van der Waals surface area contributed by atoms with Crippen LogP contribution in [-0.4, -0.2) is 65.7 Å². The van der Waals surface area contributed by atoms with Crippen molar-refractivity contribution in [2.45, 2.75) is 51.7 Å². The van der Waals surface area contributed by atoms with Gasteiger partial charge < -0.3 is 25.0 Å². The normalized spacial score (nSPS) is 16.6. The van der Waals surface area contributed by atoms with E-state index in [1.54, 1.807) is 9.80 Å². The van der Waals surface area contributed by atoms with Gasteiger partial charge in [0, 0.05) is 56.7 Å². The van der Waals surface area contributed by atoms with Crippen LogP contribution >= 0.6 is 0 Å². The fourth-order valence-corrected chi connectivity index (χ4v) is 4.78. The number of hydrogen-bond acceptors (Lipinski definition) is 5. The summed E-state index contributed by atoms with van der Waals surface area (Å²) in [6.07, 6.45) is 3.26. The summed E-state index contributed by atoms with van der Waals surface area (Å²) in [6, 6.07) is 15.8. The maximum atomic E-state index is 12.9. The van der Waals surface area contributed by atoms with Crippen LogP contribution in [0.5, 0.6) is 5.75 Å². The molecule has 4 rings (SSSR count). The van der Waals surface area contributed by atoms with Crippen LogP contribution < -0.4 is 10.5 Å². The van der Waals surface area contributed by atoms with Gasteiger partial charge in [-0.25, -0.2) is 4.79 Å². The number of amides is 2. The van der Waals surface area contributed by atoms with Gasteiger partial charge in [0.1, 0.15) is 17.0 Å². The Morgan fingerprint density at radius 2 is 1.75 bits per heavy atom. The maximum absolute atomic E-state index is 12.9. The Balaban J connectivity index is 1.59. The first kappa shape index (κ1) is 25.8. The SMILES string of the molecule is CCN(CCN)C(=O)c1ccc(C2=CC3(CCN(C(=O)OC(C)(C)C)CC3)Oc3ccccc32)cc1. The van der Waals surface area contributed by atoms with Crippen LogP contribution in [0.3, 0.4) is 0 Å². The molecule has 2 heterocycles. The Labute approximate surface area is 213 Å². The Morgan fingerprint density at radius 1 is 1.08 bits per heavy atom. The van der Waals surface area contributed by atoms with E-state index in [0.29, 0.717) is 51.1 Å². The fraction of sp³-hybridized carbons (Fsp3) is 0.448. The largest absolute Gasteiger partial charge is 0.482 e. The van der Waals surface area contributed by atoms with Crippen molar-refractivity contribution in [2.75, 3.05) is 32.7 Å². The summed E-state index contributed by atoms with van der Waals surface area (Å²) in [7, 11) is 0. The minimum Gasteiger partial charge on any atom is -0.482 e. The third kappa shape index (κ3) is 5.57. The summed E-state index contributed by atoms with van der Waals surface area (Å²) in [5, 5.41) is 0. The number of fused-ring (bicyclic) bond motifs is 1. The molecule has 36 heavy (non-hydrogen) atoms. The van der Waals surface area contributed by atoms with E-state index >= 15 is 0 Å². The topological polar surface area (TPSA) is 85.1 Å². The smallest absolute Gasteiger partial charge is 0.410 e. The highest BCUT2D eigenvalue weighted by atomic mass is 16.6. The summed E-state index contributed by atoms with van der Waals surface area (Å²) in [6.45, 7) is 10.3. The molecule has 192 valence electrons. The summed E-state index contributed by atoms with van der Waals surface area (Å²) in [4.78, 5) is 29.0. The molecular formula is C29H37N3O4. The molecule has 2 aromatic carbocycles. The van der Waals surface area contributed by atoms with Crippen LogP contribution in [0, 0.1) is 0 Å². The fourth-order valence-electron chi connectivity index (χ4n) is 4.78. The van der Waals surface area contributed by atoms with Crippen LogP contribution in [0.15, 0.2) is 54.6 Å². The van der Waals surface area contributed by atoms with Gasteiger partial charge in [0.05, 0.1) is 0 Å². The van der Waals surface area contributed by atoms with Gasteiger partial charge in [0.15, 0.2) is 0 Å². The van der Waals surface area contributed by atoms with E-state index in [4.69, 9.17) is 15.2 Å². The predicted octanol–water partition coefficient (Wildman–Crippen LogP) is 4.70. The Bertz CT molecular complexity index is 1130. The second kappa shape index (κ2) is 10.3. The average Bonchev–Trinajstić information content (AvgIpc) is 2.86. The summed E-state index contributed by atoms with van der Waals surface area (Å²) in [5.41, 5.74) is 8.42. The Morgan fingerprint density at radius 3 is 2.36 bits per heavy atom. The number of likely N-dealkylation sites (tertiary alicyclic amines) is 1. The van der Waals surface area contributed by atoms with Crippen molar-refractivity contribution in [1.82, 2.24) is 9.80 Å². The standard InChI is InChI=1S/C29H37N3O4/c1-5-31(19-16-30)26(33)22-12-10-21(11-13-22)24-20-29(35-25-9-7-6-8-23(24)25)14-17-32(18-15-29)27(34)36-28(2,3)4/h6-13,20H,5,14-19,30H2,1-4H3. The van der Waals surface area contributed by atoms with Crippen molar-refractivity contribution in [2.24, 2.45) is 5.73 Å². The van der Waals surface area contributed by atoms with Crippen LogP contribution in [0.1, 0.15) is 62.0 Å². The van der Waals surface area contributed by atoms with Gasteiger partial charge in [0.2, 0.25) is 0 Å². The van der Waals surface area contributed by atoms with Crippen LogP contribution in [-0.2, 0) is 4.74 Å². The van der Waals surface area contributed by atoms with Crippen LogP contribution in [0.25, 0.3) is 5.57 Å². The number of piperidine rings is 1. The van der Waals surface area contributed by atoms with E-state index < -0.39 is 11.2 Å². The van der Waals surface area contributed by atoms with Crippen molar-refractivity contribution >= 4 is 17.6 Å². The molecule has 2 aliphatic heterocycles. The summed E-state index contributed by atoms with van der Waals surface area (Å²) >= 11 is 0. The number of carbonyl (C=O) groups is 2. The number of likely N-dealkylation sites (N-methyl/N-ethyl adjacent to an activating group) is 1. The monoisotopic (exact) mass is 491 g/mol. The zero-order valence-corrected chi connectivity index (χ0v) is 21.8. The third-order valence-corrected chi connectivity index (χ3v) is 6.67. The Hall–Kier alpha value is -3.32. The van der Waals surface area contributed by atoms with Crippen molar-refractivity contribution in [3.63, 3.8) is 0 Å². The van der Waals surface area contributed by atoms with E-state index in [-0.39, 0.29) is 12.0 Å². The number of nitrogens with zero attached hydrogens (tertiary/aromatic N) is 2. The number of para-hydroxylation sites is 1. The van der Waals surface area contributed by atoms with E-state index in [2.05, 4.69) is 12.1 Å². The van der Waals surface area contributed by atoms with Gasteiger partial charge in [-0.05, 0) is 63.1 Å². The van der Waals surface area contributed by atoms with Crippen LogP contribution in [0.2, 0.25) is 0 Å². The lowest BCUT2D eigenvalue weighted by Gasteiger charge is -2.43. The molecule has 0 bridgehead atoms. The van der Waals surface area contributed by atoms with Gasteiger partial charge in [0.25, 0.3) is 5.91 Å². The molecule has 1 fully saturated rings. The number of hydrogen-bond donors (Lipinski definition) is 1. The van der Waals surface area contributed by atoms with Crippen molar-refractivity contribution in [1.29, 1.82) is 0 Å². The molecule has 0 aliphatic carbocycles. The number of ether oxygens (including phenoxy) is 2. The zero-order valence-electron chi connectivity index (χ0n) is 21.8. The molecular weight excluding hydrogens is 454 g/mol. The quantitative estimate of drug-likeness (QED) is 0.655. The highest BCUT2D eigenvalue weighted by Crippen LogP contribution is 2.43. The van der Waals surface area contributed by atoms with Gasteiger partial charge in [-0.15, -0.1) is 0 Å². The second-order valence-corrected chi connectivity index (χ2v) is 10.4. The lowest BCUT2D eigenvalue weighted by Crippen LogP contribution is -2.50. The highest BCUT2D eigenvalue weighted by molar-refractivity contribution is 5.95. The molecule has 0 unspecified atom stereocenters. The van der Waals surface area contributed by atoms with Gasteiger partial charge >= 0.3 is 6.09 Å². The number of rotatable bonds is 5. The first-order valence-electron chi connectivity index (χ1n) is 12.7. The minimum atomic E-state index is -0.522. The number of benzene rings is 2. The maximum Gasteiger partial charge on any atom is 0.410 e. The van der Waals surface area contributed by atoms with E-state index in [0.717, 1.165) is 22.4 Å². The number of nitrogens with two attached hydrogens (primary N) is 1. The Kier molecular flexibility index (Phi) is 7.41. The van der Waals surface area contributed by atoms with Crippen LogP contribution in [0.4, 0.5) is 4.79 Å². The molecule has 2 aliphatic rings. The van der Waals surface area contributed by atoms with E-state index in [1.165, 1.54) is 0 Å². The van der Waals surface area contributed by atoms with Crippen molar-refractivity contribution < 1.29 is 19.1 Å². The first-order chi connectivity index (χ1) is 17.1. The molecule has 1 spiro atoms. The van der Waals surface area contributed by atoms with Gasteiger partial charge in [-0.1, -0.05) is 30.3 Å². The molecule has 2 aromatic rings. The molecule has 0 saturated carbocycles. The van der Waals surface area contributed by atoms with Crippen molar-refractivity contribution in [3.05, 3.63) is 71.3 Å². The van der Waals surface area contributed by atoms with Gasteiger partial charge in [-0.3, -0.25) is 4.79 Å². The lowest BCUT2D eigenvalue weighted by atomic mass is 9.83. The molecule has 0 atom stereocenters. The lowest BCUT2D eigenvalue weighted by molar-refractivity contribution is -0.00117. The predicted molar refractivity (Wildman–Crippen MR) is 141 cm³/mol. The average molecular weight is 492 g/mol. The van der Waals surface area contributed by atoms with E-state index in [1.807, 2.05) is 70.2 Å². The molecule has 2 N–H and O–H groups in total. The first-order valence-corrected chi connectivity index (χ1v) is 12.7. The molecule has 7 nitrogen and oxygen atoms in total. The second-order valence-electron chi connectivity index (χ2n) is 10.4.